The molecule has 0 atom stereocenters. The Bertz CT molecular complexity index is 706. The van der Waals surface area contributed by atoms with Crippen molar-refractivity contribution >= 4 is 22.1 Å². The van der Waals surface area contributed by atoms with Crippen LogP contribution in [-0.2, 0) is 10.0 Å². The fourth-order valence-electron chi connectivity index (χ4n) is 2.00. The first-order valence-corrected chi connectivity index (χ1v) is 9.64. The molecule has 7 nitrogen and oxygen atoms in total. The molecule has 1 aromatic carbocycles. The number of sulfonamides is 1. The number of benzene rings is 1. The third kappa shape index (κ3) is 6.38. The Hall–Kier alpha value is -2.09. The van der Waals surface area contributed by atoms with Gasteiger partial charge in [0.25, 0.3) is 10.0 Å². The van der Waals surface area contributed by atoms with Crippen molar-refractivity contribution in [1.29, 1.82) is 0 Å². The van der Waals surface area contributed by atoms with Crippen LogP contribution in [0.3, 0.4) is 0 Å². The molecule has 0 fully saturated rings. The van der Waals surface area contributed by atoms with Gasteiger partial charge in [0.2, 0.25) is 0 Å². The summed E-state index contributed by atoms with van der Waals surface area (Å²) in [6.45, 7) is 9.01. The molecule has 140 valence electrons. The molecule has 0 radical (unpaired) electrons. The molecule has 8 heteroatoms. The number of unbranched alkanes of at least 4 members (excludes halogenated alkanes) is 1. The molecule has 0 unspecified atom stereocenters. The van der Waals surface area contributed by atoms with E-state index in [2.05, 4.69) is 10.6 Å². The van der Waals surface area contributed by atoms with Gasteiger partial charge in [-0.25, -0.2) is 22.3 Å². The number of amides is 4. The maximum absolute atomic E-state index is 12.8. The molecule has 4 amide bonds. The maximum atomic E-state index is 12.8. The molecule has 0 spiro atoms. The molecule has 0 aromatic heterocycles. The second-order valence-corrected chi connectivity index (χ2v) is 8.74. The summed E-state index contributed by atoms with van der Waals surface area (Å²) in [6.07, 6.45) is 1.21. The van der Waals surface area contributed by atoms with Crippen molar-refractivity contribution in [3.63, 3.8) is 0 Å². The third-order valence-corrected chi connectivity index (χ3v) is 5.06. The molecule has 0 aliphatic rings. The first-order chi connectivity index (χ1) is 11.5. The molecule has 0 bridgehead atoms. The number of hydrogen-bond acceptors (Lipinski definition) is 4. The molecule has 1 rings (SSSR count). The quantitative estimate of drug-likeness (QED) is 0.834. The topological polar surface area (TPSA) is 95.6 Å². The van der Waals surface area contributed by atoms with Gasteiger partial charge in [0.05, 0.1) is 4.90 Å². The number of nitrogens with zero attached hydrogens (tertiary/aromatic N) is 1. The van der Waals surface area contributed by atoms with E-state index >= 15 is 0 Å². The van der Waals surface area contributed by atoms with Crippen molar-refractivity contribution in [2.45, 2.75) is 57.9 Å². The van der Waals surface area contributed by atoms with E-state index in [4.69, 9.17) is 0 Å². The van der Waals surface area contributed by atoms with Crippen molar-refractivity contribution in [3.05, 3.63) is 29.8 Å². The van der Waals surface area contributed by atoms with Crippen LogP contribution in [0.5, 0.6) is 0 Å². The molecule has 2 N–H and O–H groups in total. The van der Waals surface area contributed by atoms with Gasteiger partial charge in [0.1, 0.15) is 0 Å². The summed E-state index contributed by atoms with van der Waals surface area (Å²) in [5.41, 5.74) is 0.363. The monoisotopic (exact) mass is 369 g/mol. The van der Waals surface area contributed by atoms with Crippen LogP contribution in [0.1, 0.15) is 46.1 Å². The Balaban J connectivity index is 3.04. The number of carbonyl (C=O) groups excluding carboxylic acids is 2. The smallest absolute Gasteiger partial charge is 0.333 e. The molecule has 25 heavy (non-hydrogen) atoms. The van der Waals surface area contributed by atoms with Crippen molar-refractivity contribution in [2.75, 3.05) is 6.54 Å². The van der Waals surface area contributed by atoms with Gasteiger partial charge >= 0.3 is 12.1 Å². The van der Waals surface area contributed by atoms with Crippen molar-refractivity contribution in [3.8, 4) is 0 Å². The number of imide groups is 1. The Morgan fingerprint density at radius 3 is 2.16 bits per heavy atom. The van der Waals surface area contributed by atoms with E-state index in [0.29, 0.717) is 17.1 Å². The minimum Gasteiger partial charge on any atom is -0.333 e. The molecular formula is C17H27N3O4S. The number of hydrogen-bond donors (Lipinski definition) is 2. The second kappa shape index (κ2) is 8.33. The van der Waals surface area contributed by atoms with Crippen LogP contribution in [0.15, 0.2) is 29.2 Å². The average molecular weight is 369 g/mol. The van der Waals surface area contributed by atoms with E-state index < -0.39 is 27.6 Å². The average Bonchev–Trinajstić information content (AvgIpc) is 2.45. The van der Waals surface area contributed by atoms with Crippen LogP contribution in [0.2, 0.25) is 0 Å². The summed E-state index contributed by atoms with van der Waals surface area (Å²) in [5, 5.41) is 4.66. The summed E-state index contributed by atoms with van der Waals surface area (Å²) < 4.78 is 26.3. The van der Waals surface area contributed by atoms with Crippen molar-refractivity contribution < 1.29 is 18.0 Å². The largest absolute Gasteiger partial charge is 0.339 e. The zero-order valence-corrected chi connectivity index (χ0v) is 16.2. The van der Waals surface area contributed by atoms with Crippen LogP contribution in [0, 0.1) is 6.92 Å². The van der Waals surface area contributed by atoms with Crippen LogP contribution in [0.25, 0.3) is 0 Å². The maximum Gasteiger partial charge on any atom is 0.339 e. The summed E-state index contributed by atoms with van der Waals surface area (Å²) >= 11 is 0. The van der Waals surface area contributed by atoms with Gasteiger partial charge in [-0.1, -0.05) is 31.0 Å². The Kier molecular flexibility index (Phi) is 6.98. The Morgan fingerprint density at radius 1 is 1.12 bits per heavy atom. The highest BCUT2D eigenvalue weighted by molar-refractivity contribution is 7.89. The van der Waals surface area contributed by atoms with E-state index in [1.807, 2.05) is 13.8 Å². The fraction of sp³-hybridized carbons (Fsp3) is 0.529. The molecule has 0 heterocycles. The lowest BCUT2D eigenvalue weighted by Gasteiger charge is -2.24. The van der Waals surface area contributed by atoms with Gasteiger partial charge < -0.3 is 5.32 Å². The van der Waals surface area contributed by atoms with E-state index in [1.165, 1.54) is 12.1 Å². The van der Waals surface area contributed by atoms with Crippen molar-refractivity contribution in [1.82, 2.24) is 14.9 Å². The minimum atomic E-state index is -4.04. The highest BCUT2D eigenvalue weighted by atomic mass is 32.2. The number of carbonyl (C=O) groups is 2. The highest BCUT2D eigenvalue weighted by Crippen LogP contribution is 2.17. The van der Waals surface area contributed by atoms with E-state index in [0.717, 1.165) is 5.56 Å². The second-order valence-electron chi connectivity index (χ2n) is 6.88. The predicted octanol–water partition coefficient (Wildman–Crippen LogP) is 3.00. The highest BCUT2D eigenvalue weighted by Gasteiger charge is 2.30. The van der Waals surface area contributed by atoms with Gasteiger partial charge in [-0.15, -0.1) is 0 Å². The first kappa shape index (κ1) is 21.0. The zero-order chi connectivity index (χ0) is 19.3. The summed E-state index contributed by atoms with van der Waals surface area (Å²) in [6, 6.07) is 4.52. The lowest BCUT2D eigenvalue weighted by atomic mass is 10.1. The summed E-state index contributed by atoms with van der Waals surface area (Å²) in [5.74, 6) is 0. The predicted molar refractivity (Wildman–Crippen MR) is 96.8 cm³/mol. The van der Waals surface area contributed by atoms with Gasteiger partial charge in [0, 0.05) is 12.1 Å². The van der Waals surface area contributed by atoms with E-state index in [-0.39, 0.29) is 11.4 Å². The number of nitrogens with one attached hydrogen (secondary N) is 2. The number of aryl methyl sites for hydroxylation is 1. The molecule has 0 saturated carbocycles. The molecule has 0 aliphatic heterocycles. The van der Waals surface area contributed by atoms with E-state index in [9.17, 15) is 18.0 Å². The lowest BCUT2D eigenvalue weighted by Crippen LogP contribution is -2.53. The van der Waals surface area contributed by atoms with Gasteiger partial charge in [0.15, 0.2) is 0 Å². The van der Waals surface area contributed by atoms with Crippen LogP contribution in [0.4, 0.5) is 9.59 Å². The lowest BCUT2D eigenvalue weighted by molar-refractivity contribution is 0.211. The van der Waals surface area contributed by atoms with Gasteiger partial charge in [-0.2, -0.15) is 0 Å². The molecule has 0 saturated heterocycles. The van der Waals surface area contributed by atoms with Crippen LogP contribution in [-0.4, -0.2) is 36.9 Å². The first-order valence-electron chi connectivity index (χ1n) is 8.20. The number of rotatable bonds is 5. The van der Waals surface area contributed by atoms with Crippen LogP contribution >= 0.6 is 0 Å². The van der Waals surface area contributed by atoms with Gasteiger partial charge in [-0.05, 0) is 46.2 Å². The normalized spacial score (nSPS) is 11.7. The minimum absolute atomic E-state index is 0.00133. The number of urea groups is 2. The third-order valence-electron chi connectivity index (χ3n) is 3.26. The standard InChI is InChI=1S/C17H27N3O4S/c1-6-7-12-20(16(22)18-15(21)19-17(3,4)5)25(23,24)14-10-8-13(2)9-11-14/h8-11H,6-7,12H2,1-5H3,(H2,18,19,21,22). The Morgan fingerprint density at radius 2 is 1.68 bits per heavy atom. The van der Waals surface area contributed by atoms with E-state index in [1.54, 1.807) is 32.9 Å². The van der Waals surface area contributed by atoms with Crippen LogP contribution < -0.4 is 10.6 Å². The molecule has 0 aliphatic carbocycles. The molecule has 1 aromatic rings. The summed E-state index contributed by atoms with van der Waals surface area (Å²) in [4.78, 5) is 24.3. The summed E-state index contributed by atoms with van der Waals surface area (Å²) in [7, 11) is -4.04. The van der Waals surface area contributed by atoms with Crippen molar-refractivity contribution in [2.24, 2.45) is 0 Å². The fourth-order valence-corrected chi connectivity index (χ4v) is 3.37. The van der Waals surface area contributed by atoms with Gasteiger partial charge in [-0.3, -0.25) is 5.32 Å². The Labute approximate surface area is 149 Å². The molecular weight excluding hydrogens is 342 g/mol. The zero-order valence-electron chi connectivity index (χ0n) is 15.4. The SMILES string of the molecule is CCCCN(C(=O)NC(=O)NC(C)(C)C)S(=O)(=O)c1ccc(C)cc1.